The first-order chi connectivity index (χ1) is 9.86. The fourth-order valence-corrected chi connectivity index (χ4v) is 3.34. The van der Waals surface area contributed by atoms with Crippen LogP contribution in [-0.4, -0.2) is 0 Å². The molecule has 21 heavy (non-hydrogen) atoms. The Morgan fingerprint density at radius 3 is 2.19 bits per heavy atom. The van der Waals surface area contributed by atoms with Crippen LogP contribution in [0, 0.1) is 13.8 Å². The van der Waals surface area contributed by atoms with Crippen molar-refractivity contribution < 1.29 is 0 Å². The third kappa shape index (κ3) is 3.40. The van der Waals surface area contributed by atoms with Gasteiger partial charge < -0.3 is 0 Å². The second-order valence-electron chi connectivity index (χ2n) is 6.51. The van der Waals surface area contributed by atoms with Crippen LogP contribution in [0.2, 0.25) is 0 Å². The maximum Gasteiger partial charge on any atom is 0.0647 e. The average Bonchev–Trinajstić information content (AvgIpc) is 2.49. The Morgan fingerprint density at radius 2 is 1.62 bits per heavy atom. The molecule has 0 aliphatic carbocycles. The molecule has 2 aromatic carbocycles. The van der Waals surface area contributed by atoms with E-state index in [9.17, 15) is 0 Å². The molecule has 1 heteroatoms. The number of aryl methyl sites for hydroxylation is 1. The predicted molar refractivity (Wildman–Crippen MR) is 96.4 cm³/mol. The van der Waals surface area contributed by atoms with E-state index in [1.54, 1.807) is 0 Å². The van der Waals surface area contributed by atoms with Gasteiger partial charge in [0.25, 0.3) is 0 Å². The lowest BCUT2D eigenvalue weighted by atomic mass is 9.82. The Labute approximate surface area is 137 Å². The maximum atomic E-state index is 3.87. The van der Waals surface area contributed by atoms with Crippen LogP contribution in [-0.2, 0) is 5.41 Å². The quantitative estimate of drug-likeness (QED) is 0.557. The molecular formula is C20H25Br. The van der Waals surface area contributed by atoms with Crippen molar-refractivity contribution >= 4 is 15.9 Å². The molecule has 0 nitrogen and oxygen atoms in total. The van der Waals surface area contributed by atoms with E-state index in [0.717, 1.165) is 6.42 Å². The van der Waals surface area contributed by atoms with E-state index in [-0.39, 0.29) is 10.2 Å². The first-order valence-corrected chi connectivity index (χ1v) is 8.59. The first-order valence-electron chi connectivity index (χ1n) is 7.67. The molecule has 112 valence electrons. The second kappa shape index (κ2) is 6.36. The largest absolute Gasteiger partial charge is 0.0786 e. The molecule has 0 aromatic heterocycles. The van der Waals surface area contributed by atoms with Gasteiger partial charge in [-0.25, -0.2) is 0 Å². The SMILES string of the molecule is CCC(C)(C)c1ccc(C(Br)c2cccc(C)c2C)cc1. The molecule has 0 aliphatic heterocycles. The molecule has 1 unspecified atom stereocenters. The minimum absolute atomic E-state index is 0.250. The van der Waals surface area contributed by atoms with Gasteiger partial charge in [0.15, 0.2) is 0 Å². The number of hydrogen-bond donors (Lipinski definition) is 0. The molecule has 2 rings (SSSR count). The van der Waals surface area contributed by atoms with E-state index >= 15 is 0 Å². The molecule has 0 saturated heterocycles. The van der Waals surface area contributed by atoms with Gasteiger partial charge in [0, 0.05) is 0 Å². The summed E-state index contributed by atoms with van der Waals surface area (Å²) >= 11 is 3.87. The monoisotopic (exact) mass is 344 g/mol. The maximum absolute atomic E-state index is 3.87. The second-order valence-corrected chi connectivity index (χ2v) is 7.43. The average molecular weight is 345 g/mol. The number of rotatable bonds is 4. The summed E-state index contributed by atoms with van der Waals surface area (Å²) in [7, 11) is 0. The van der Waals surface area contributed by atoms with Crippen LogP contribution in [0.4, 0.5) is 0 Å². The number of hydrogen-bond acceptors (Lipinski definition) is 0. The summed E-state index contributed by atoms with van der Waals surface area (Å²) in [6, 6.07) is 15.6. The first kappa shape index (κ1) is 16.3. The van der Waals surface area contributed by atoms with E-state index in [2.05, 4.69) is 93.0 Å². The van der Waals surface area contributed by atoms with Gasteiger partial charge >= 0.3 is 0 Å². The van der Waals surface area contributed by atoms with Gasteiger partial charge in [-0.2, -0.15) is 0 Å². The zero-order valence-electron chi connectivity index (χ0n) is 13.7. The van der Waals surface area contributed by atoms with Crippen molar-refractivity contribution in [3.63, 3.8) is 0 Å². The number of halogens is 1. The predicted octanol–water partition coefficient (Wildman–Crippen LogP) is 6.48. The van der Waals surface area contributed by atoms with Crippen molar-refractivity contribution in [1.29, 1.82) is 0 Å². The Hall–Kier alpha value is -1.08. The summed E-state index contributed by atoms with van der Waals surface area (Å²) < 4.78 is 0. The van der Waals surface area contributed by atoms with Crippen molar-refractivity contribution in [3.05, 3.63) is 70.3 Å². The van der Waals surface area contributed by atoms with E-state index in [0.29, 0.717) is 0 Å². The van der Waals surface area contributed by atoms with E-state index < -0.39 is 0 Å². The molecule has 0 heterocycles. The topological polar surface area (TPSA) is 0 Å². The standard InChI is InChI=1S/C20H25Br/c1-6-20(4,5)17-12-10-16(11-13-17)19(21)18-9-7-8-14(2)15(18)3/h7-13,19H,6H2,1-5H3. The van der Waals surface area contributed by atoms with Crippen molar-refractivity contribution in [1.82, 2.24) is 0 Å². The molecule has 0 bridgehead atoms. The van der Waals surface area contributed by atoms with Crippen molar-refractivity contribution in [2.45, 2.75) is 51.3 Å². The Balaban J connectivity index is 2.32. The van der Waals surface area contributed by atoms with Crippen LogP contribution in [0.15, 0.2) is 42.5 Å². The van der Waals surface area contributed by atoms with E-state index in [1.165, 1.54) is 27.8 Å². The third-order valence-electron chi connectivity index (χ3n) is 4.79. The van der Waals surface area contributed by atoms with Gasteiger partial charge in [-0.15, -0.1) is 0 Å². The van der Waals surface area contributed by atoms with Crippen LogP contribution >= 0.6 is 15.9 Å². The third-order valence-corrected chi connectivity index (χ3v) is 5.81. The molecule has 0 fully saturated rings. The van der Waals surface area contributed by atoms with Gasteiger partial charge in [-0.3, -0.25) is 0 Å². The highest BCUT2D eigenvalue weighted by atomic mass is 79.9. The zero-order chi connectivity index (χ0) is 15.6. The van der Waals surface area contributed by atoms with Crippen LogP contribution in [0.25, 0.3) is 0 Å². The van der Waals surface area contributed by atoms with Crippen LogP contribution in [0.3, 0.4) is 0 Å². The molecule has 0 aliphatic rings. The fraction of sp³-hybridized carbons (Fsp3) is 0.400. The summed E-state index contributed by atoms with van der Waals surface area (Å²) in [6.07, 6.45) is 1.15. The lowest BCUT2D eigenvalue weighted by Crippen LogP contribution is -2.15. The lowest BCUT2D eigenvalue weighted by Gasteiger charge is -2.24. The van der Waals surface area contributed by atoms with Crippen molar-refractivity contribution in [2.75, 3.05) is 0 Å². The molecule has 0 amide bonds. The molecule has 0 radical (unpaired) electrons. The Bertz CT molecular complexity index is 608. The number of benzene rings is 2. The highest BCUT2D eigenvalue weighted by Gasteiger charge is 2.19. The fourth-order valence-electron chi connectivity index (χ4n) is 2.54. The molecule has 1 atom stereocenters. The normalized spacial score (nSPS) is 13.2. The Kier molecular flexibility index (Phi) is 4.93. The van der Waals surface area contributed by atoms with Crippen molar-refractivity contribution in [3.8, 4) is 0 Å². The van der Waals surface area contributed by atoms with Gasteiger partial charge in [0.05, 0.1) is 4.83 Å². The summed E-state index contributed by atoms with van der Waals surface area (Å²) in [6.45, 7) is 11.2. The van der Waals surface area contributed by atoms with Gasteiger partial charge in [-0.1, -0.05) is 79.2 Å². The molecule has 2 aromatic rings. The Morgan fingerprint density at radius 1 is 1.00 bits per heavy atom. The van der Waals surface area contributed by atoms with Gasteiger partial charge in [0.1, 0.15) is 0 Å². The zero-order valence-corrected chi connectivity index (χ0v) is 15.3. The minimum atomic E-state index is 0.250. The van der Waals surface area contributed by atoms with Gasteiger partial charge in [0.2, 0.25) is 0 Å². The summed E-state index contributed by atoms with van der Waals surface area (Å²) in [5, 5.41) is 0. The van der Waals surface area contributed by atoms with Crippen molar-refractivity contribution in [2.24, 2.45) is 0 Å². The van der Waals surface area contributed by atoms with Crippen LogP contribution in [0.5, 0.6) is 0 Å². The molecule has 0 spiro atoms. The summed E-state index contributed by atoms with van der Waals surface area (Å²) in [4.78, 5) is 0.260. The van der Waals surface area contributed by atoms with Crippen LogP contribution < -0.4 is 0 Å². The molecular weight excluding hydrogens is 320 g/mol. The minimum Gasteiger partial charge on any atom is -0.0786 e. The smallest absolute Gasteiger partial charge is 0.0647 e. The lowest BCUT2D eigenvalue weighted by molar-refractivity contribution is 0.506. The molecule has 0 saturated carbocycles. The number of alkyl halides is 1. The highest BCUT2D eigenvalue weighted by Crippen LogP contribution is 2.35. The van der Waals surface area contributed by atoms with Gasteiger partial charge in [-0.05, 0) is 53.5 Å². The highest BCUT2D eigenvalue weighted by molar-refractivity contribution is 9.09. The summed E-state index contributed by atoms with van der Waals surface area (Å²) in [5.74, 6) is 0. The molecule has 0 N–H and O–H groups in total. The van der Waals surface area contributed by atoms with E-state index in [4.69, 9.17) is 0 Å². The van der Waals surface area contributed by atoms with E-state index in [1.807, 2.05) is 0 Å². The van der Waals surface area contributed by atoms with Crippen LogP contribution in [0.1, 0.15) is 59.8 Å². The summed E-state index contributed by atoms with van der Waals surface area (Å²) in [5.41, 5.74) is 7.06.